The summed E-state index contributed by atoms with van der Waals surface area (Å²) in [5.74, 6) is 0.600. The molecule has 2 aliphatic rings. The number of nitriles is 1. The number of aliphatic hydroxyl groups is 1. The summed E-state index contributed by atoms with van der Waals surface area (Å²) < 4.78 is 6.05. The molecule has 1 saturated carbocycles. The highest BCUT2D eigenvalue weighted by atomic mass is 16.6. The first-order chi connectivity index (χ1) is 15.5. The molecule has 0 unspecified atom stereocenters. The maximum absolute atomic E-state index is 13.2. The second-order valence-corrected chi connectivity index (χ2v) is 8.21. The van der Waals surface area contributed by atoms with Crippen molar-refractivity contribution in [3.8, 4) is 23.1 Å². The van der Waals surface area contributed by atoms with Gasteiger partial charge in [0.05, 0.1) is 43.1 Å². The minimum absolute atomic E-state index is 0.169. The van der Waals surface area contributed by atoms with E-state index in [4.69, 9.17) is 9.57 Å². The van der Waals surface area contributed by atoms with Crippen LogP contribution < -0.4 is 4.74 Å². The van der Waals surface area contributed by atoms with Crippen LogP contribution in [-0.2, 0) is 4.84 Å². The minimum atomic E-state index is -0.372. The quantitative estimate of drug-likeness (QED) is 0.672. The van der Waals surface area contributed by atoms with E-state index in [0.29, 0.717) is 36.1 Å². The predicted octanol–water partition coefficient (Wildman–Crippen LogP) is 2.93. The molecule has 1 N–H and O–H groups in total. The molecule has 1 amide bonds. The normalized spacial score (nSPS) is 19.1. The summed E-state index contributed by atoms with van der Waals surface area (Å²) in [6.07, 6.45) is 2.72. The van der Waals surface area contributed by atoms with E-state index < -0.39 is 0 Å². The van der Waals surface area contributed by atoms with E-state index >= 15 is 0 Å². The van der Waals surface area contributed by atoms with E-state index in [0.717, 1.165) is 29.5 Å². The van der Waals surface area contributed by atoms with Crippen molar-refractivity contribution in [1.29, 1.82) is 5.26 Å². The Bertz CT molecular complexity index is 1090. The second-order valence-electron chi connectivity index (χ2n) is 8.21. The average molecular weight is 434 g/mol. The molecule has 2 aromatic rings. The summed E-state index contributed by atoms with van der Waals surface area (Å²) in [5.41, 5.74) is 3.97. The zero-order chi connectivity index (χ0) is 22.7. The van der Waals surface area contributed by atoms with E-state index in [1.165, 1.54) is 7.11 Å². The van der Waals surface area contributed by atoms with Gasteiger partial charge >= 0.3 is 0 Å². The topological polar surface area (TPSA) is 108 Å². The number of aliphatic hydroxyl groups excluding tert-OH is 1. The molecule has 0 bridgehead atoms. The minimum Gasteiger partial charge on any atom is -0.477 e. The average Bonchev–Trinajstić information content (AvgIpc) is 3.55. The molecule has 166 valence electrons. The van der Waals surface area contributed by atoms with Crippen LogP contribution in [0.25, 0.3) is 11.1 Å². The van der Waals surface area contributed by atoms with Gasteiger partial charge in [0.2, 0.25) is 5.88 Å². The van der Waals surface area contributed by atoms with Crippen molar-refractivity contribution in [3.63, 3.8) is 0 Å². The molecule has 1 aromatic carbocycles. The van der Waals surface area contributed by atoms with Crippen molar-refractivity contribution in [2.24, 2.45) is 11.1 Å². The number of carbonyl (C=O) groups is 1. The number of carbonyl (C=O) groups excluding carboxylic acids is 1. The Hall–Kier alpha value is -3.44. The number of hydrogen-bond donors (Lipinski definition) is 1. The molecule has 0 radical (unpaired) electrons. The van der Waals surface area contributed by atoms with Crippen LogP contribution in [0.4, 0.5) is 0 Å². The zero-order valence-corrected chi connectivity index (χ0v) is 18.2. The molecule has 2 fully saturated rings. The maximum atomic E-state index is 13.2. The Morgan fingerprint density at radius 2 is 2.12 bits per heavy atom. The van der Waals surface area contributed by atoms with Gasteiger partial charge in [-0.25, -0.2) is 4.98 Å². The third-order valence-electron chi connectivity index (χ3n) is 5.93. The molecule has 1 atom stereocenters. The lowest BCUT2D eigenvalue weighted by molar-refractivity contribution is 0.0673. The van der Waals surface area contributed by atoms with Gasteiger partial charge in [-0.15, -0.1) is 0 Å². The molecular weight excluding hydrogens is 408 g/mol. The molecule has 1 aliphatic heterocycles. The van der Waals surface area contributed by atoms with Gasteiger partial charge in [0.25, 0.3) is 5.91 Å². The van der Waals surface area contributed by atoms with Crippen molar-refractivity contribution in [2.75, 3.05) is 26.9 Å². The number of oxime groups is 1. The molecule has 8 nitrogen and oxygen atoms in total. The fraction of sp³-hybridized carbons (Fsp3) is 0.417. The highest BCUT2D eigenvalue weighted by Gasteiger charge is 2.34. The summed E-state index contributed by atoms with van der Waals surface area (Å²) in [5, 5.41) is 23.1. The lowest BCUT2D eigenvalue weighted by atomic mass is 9.97. The summed E-state index contributed by atoms with van der Waals surface area (Å²) in [6.45, 7) is 2.55. The number of pyridine rings is 1. The lowest BCUT2D eigenvalue weighted by Gasteiger charge is -2.22. The van der Waals surface area contributed by atoms with E-state index in [9.17, 15) is 15.2 Å². The smallest absolute Gasteiger partial charge is 0.273 e. The zero-order valence-electron chi connectivity index (χ0n) is 18.2. The summed E-state index contributed by atoms with van der Waals surface area (Å²) in [4.78, 5) is 24.2. The summed E-state index contributed by atoms with van der Waals surface area (Å²) >= 11 is 0. The number of benzene rings is 1. The van der Waals surface area contributed by atoms with Crippen molar-refractivity contribution in [2.45, 2.75) is 32.2 Å². The number of ether oxygens (including phenoxy) is 1. The van der Waals surface area contributed by atoms with Gasteiger partial charge in [-0.3, -0.25) is 4.79 Å². The van der Waals surface area contributed by atoms with Gasteiger partial charge in [0.1, 0.15) is 12.8 Å². The number of rotatable bonds is 7. The van der Waals surface area contributed by atoms with Crippen LogP contribution in [0.1, 0.15) is 40.9 Å². The standard InChI is InChI=1S/C24H26N4O4/c1-15-17(11-25)4-3-5-20(15)21-8-9-22(26-23(21)32-14-16-6-7-16)24(30)28-12-18(27-31-2)10-19(28)13-29/h3-5,8-9,16,19,29H,6-7,10,12-14H2,1-2H3/b27-18-/t19-/m0/s1. The van der Waals surface area contributed by atoms with Crippen molar-refractivity contribution >= 4 is 11.6 Å². The van der Waals surface area contributed by atoms with E-state index in [2.05, 4.69) is 16.2 Å². The van der Waals surface area contributed by atoms with E-state index in [1.807, 2.05) is 25.1 Å². The Kier molecular flexibility index (Phi) is 6.37. The molecule has 32 heavy (non-hydrogen) atoms. The Labute approximate surface area is 187 Å². The van der Waals surface area contributed by atoms with Crippen LogP contribution in [0.2, 0.25) is 0 Å². The largest absolute Gasteiger partial charge is 0.477 e. The first kappa shape index (κ1) is 21.8. The van der Waals surface area contributed by atoms with Crippen molar-refractivity contribution < 1.29 is 19.5 Å². The predicted molar refractivity (Wildman–Crippen MR) is 118 cm³/mol. The third-order valence-corrected chi connectivity index (χ3v) is 5.93. The number of nitrogens with zero attached hydrogens (tertiary/aromatic N) is 4. The van der Waals surface area contributed by atoms with Gasteiger partial charge in [0.15, 0.2) is 0 Å². The van der Waals surface area contributed by atoms with Crippen LogP contribution in [0.3, 0.4) is 0 Å². The molecule has 1 saturated heterocycles. The van der Waals surface area contributed by atoms with Crippen LogP contribution >= 0.6 is 0 Å². The van der Waals surface area contributed by atoms with E-state index in [1.54, 1.807) is 17.0 Å². The number of hydrogen-bond acceptors (Lipinski definition) is 7. The first-order valence-corrected chi connectivity index (χ1v) is 10.7. The van der Waals surface area contributed by atoms with Gasteiger partial charge in [-0.05, 0) is 55.0 Å². The van der Waals surface area contributed by atoms with Crippen LogP contribution in [0.5, 0.6) is 5.88 Å². The highest BCUT2D eigenvalue weighted by Crippen LogP contribution is 2.35. The van der Waals surface area contributed by atoms with Crippen molar-refractivity contribution in [1.82, 2.24) is 9.88 Å². The Balaban J connectivity index is 1.69. The Morgan fingerprint density at radius 1 is 1.31 bits per heavy atom. The number of amides is 1. The second kappa shape index (κ2) is 9.37. The SMILES string of the molecule is CO/N=C1/C[C@@H](CO)N(C(=O)c2ccc(-c3cccc(C#N)c3C)c(OCC3CC3)n2)C1. The monoisotopic (exact) mass is 434 g/mol. The van der Waals surface area contributed by atoms with E-state index in [-0.39, 0.29) is 30.8 Å². The lowest BCUT2D eigenvalue weighted by Crippen LogP contribution is -2.38. The molecule has 4 rings (SSSR count). The van der Waals surface area contributed by atoms with Gasteiger partial charge in [-0.2, -0.15) is 5.26 Å². The fourth-order valence-corrected chi connectivity index (χ4v) is 3.92. The number of aromatic nitrogens is 1. The molecule has 1 aliphatic carbocycles. The van der Waals surface area contributed by atoms with Gasteiger partial charge in [-0.1, -0.05) is 17.3 Å². The highest BCUT2D eigenvalue weighted by molar-refractivity contribution is 5.99. The van der Waals surface area contributed by atoms with Crippen molar-refractivity contribution in [3.05, 3.63) is 47.2 Å². The van der Waals surface area contributed by atoms with Crippen LogP contribution in [0.15, 0.2) is 35.5 Å². The summed E-state index contributed by atoms with van der Waals surface area (Å²) in [6, 6.07) is 10.9. The third kappa shape index (κ3) is 4.43. The molecule has 2 heterocycles. The molecular formula is C24H26N4O4. The summed E-state index contributed by atoms with van der Waals surface area (Å²) in [7, 11) is 1.46. The molecule has 1 aromatic heterocycles. The molecule has 8 heteroatoms. The van der Waals surface area contributed by atoms with Gasteiger partial charge in [0, 0.05) is 12.0 Å². The van der Waals surface area contributed by atoms with Crippen LogP contribution in [-0.4, -0.2) is 59.5 Å². The Morgan fingerprint density at radius 3 is 2.81 bits per heavy atom. The fourth-order valence-electron chi connectivity index (χ4n) is 3.92. The maximum Gasteiger partial charge on any atom is 0.273 e. The van der Waals surface area contributed by atoms with Gasteiger partial charge < -0.3 is 19.6 Å². The first-order valence-electron chi connectivity index (χ1n) is 10.7. The molecule has 0 spiro atoms. The van der Waals surface area contributed by atoms with Crippen LogP contribution in [0, 0.1) is 24.2 Å². The number of likely N-dealkylation sites (tertiary alicyclic amines) is 1.